The van der Waals surface area contributed by atoms with E-state index in [2.05, 4.69) is 30.4 Å². The molecule has 1 aromatic carbocycles. The van der Waals surface area contributed by atoms with Gasteiger partial charge in [-0.05, 0) is 55.3 Å². The van der Waals surface area contributed by atoms with Gasteiger partial charge in [0, 0.05) is 31.4 Å². The van der Waals surface area contributed by atoms with Gasteiger partial charge in [0.05, 0.1) is 11.2 Å². The fraction of sp³-hybridized carbons (Fsp3) is 0.346. The van der Waals surface area contributed by atoms with Gasteiger partial charge in [-0.15, -0.1) is 0 Å². The molecule has 2 aliphatic rings. The van der Waals surface area contributed by atoms with Crippen molar-refractivity contribution in [3.05, 3.63) is 64.5 Å². The molecule has 0 radical (unpaired) electrons. The number of halogens is 3. The van der Waals surface area contributed by atoms with Crippen molar-refractivity contribution in [1.82, 2.24) is 24.8 Å². The molecule has 42 heavy (non-hydrogen) atoms. The van der Waals surface area contributed by atoms with Crippen molar-refractivity contribution in [3.8, 4) is 11.6 Å². The van der Waals surface area contributed by atoms with Crippen LogP contribution < -0.4 is 20.1 Å². The number of pyridine rings is 1. The lowest BCUT2D eigenvalue weighted by atomic mass is 9.82. The van der Waals surface area contributed by atoms with E-state index in [0.29, 0.717) is 24.1 Å². The number of nitrogens with one attached hydrogen (secondary N) is 3. The predicted molar refractivity (Wildman–Crippen MR) is 146 cm³/mol. The van der Waals surface area contributed by atoms with Gasteiger partial charge in [-0.25, -0.2) is 18.1 Å². The summed E-state index contributed by atoms with van der Waals surface area (Å²) in [4.78, 5) is 34.7. The van der Waals surface area contributed by atoms with Crippen molar-refractivity contribution in [2.45, 2.75) is 31.0 Å². The Bertz CT molecular complexity index is 1690. The number of hydrogen-bond donors (Lipinski definition) is 3. The average molecular weight is 606 g/mol. The zero-order valence-electron chi connectivity index (χ0n) is 22.4. The Morgan fingerprint density at radius 2 is 2.07 bits per heavy atom. The molecule has 0 bridgehead atoms. The number of carbonyl (C=O) groups is 2. The molecule has 3 aromatic rings. The number of aryl methyl sites for hydroxylation is 1. The zero-order valence-corrected chi connectivity index (χ0v) is 23.3. The molecule has 3 N–H and O–H groups in total. The normalized spacial score (nSPS) is 18.2. The van der Waals surface area contributed by atoms with Gasteiger partial charge in [-0.3, -0.25) is 14.6 Å². The number of nitrogens with zero attached hydrogens (tertiary/aromatic N) is 4. The van der Waals surface area contributed by atoms with Crippen molar-refractivity contribution in [3.63, 3.8) is 0 Å². The van der Waals surface area contributed by atoms with Crippen molar-refractivity contribution < 1.29 is 35.9 Å². The number of anilines is 1. The van der Waals surface area contributed by atoms with Crippen LogP contribution >= 0.6 is 0 Å². The summed E-state index contributed by atoms with van der Waals surface area (Å²) in [6, 6.07) is 7.92. The molecule has 0 fully saturated rings. The molecule has 5 rings (SSSR count). The Morgan fingerprint density at radius 1 is 1.29 bits per heavy atom. The second kappa shape index (κ2) is 10.8. The van der Waals surface area contributed by atoms with Crippen LogP contribution in [-0.2, 0) is 33.2 Å². The van der Waals surface area contributed by atoms with E-state index >= 15 is 0 Å². The van der Waals surface area contributed by atoms with Crippen LogP contribution in [0.2, 0.25) is 0 Å². The first-order valence-electron chi connectivity index (χ1n) is 12.7. The number of amides is 2. The number of aliphatic imine (C=N–C) groups is 1. The molecule has 0 saturated heterocycles. The molecule has 0 saturated carbocycles. The maximum atomic E-state index is 13.6. The molecule has 0 unspecified atom stereocenters. The van der Waals surface area contributed by atoms with E-state index in [9.17, 15) is 31.2 Å². The van der Waals surface area contributed by atoms with Gasteiger partial charge in [0.25, 0.3) is 5.91 Å². The smallest absolute Gasteiger partial charge is 0.422 e. The van der Waals surface area contributed by atoms with Crippen LogP contribution in [-0.4, -0.2) is 73.8 Å². The highest BCUT2D eigenvalue weighted by molar-refractivity contribution is 7.90. The molecule has 2 aromatic heterocycles. The van der Waals surface area contributed by atoms with Gasteiger partial charge >= 0.3 is 6.18 Å². The largest absolute Gasteiger partial charge is 0.484 e. The minimum atomic E-state index is -4.48. The van der Waals surface area contributed by atoms with Gasteiger partial charge in [-0.2, -0.15) is 23.0 Å². The summed E-state index contributed by atoms with van der Waals surface area (Å²) in [5.41, 5.74) is 1.64. The monoisotopic (exact) mass is 605 g/mol. The number of hydrogen-bond acceptors (Lipinski definition) is 8. The van der Waals surface area contributed by atoms with Crippen LogP contribution in [0, 0.1) is 0 Å². The lowest BCUT2D eigenvalue weighted by Gasteiger charge is -2.35. The highest BCUT2D eigenvalue weighted by Gasteiger charge is 2.47. The fourth-order valence-corrected chi connectivity index (χ4v) is 5.73. The van der Waals surface area contributed by atoms with E-state index in [1.807, 2.05) is 0 Å². The van der Waals surface area contributed by atoms with E-state index in [1.54, 1.807) is 31.5 Å². The Labute approximate surface area is 238 Å². The van der Waals surface area contributed by atoms with Gasteiger partial charge in [0.1, 0.15) is 17.1 Å². The third-order valence-corrected chi connectivity index (χ3v) is 8.24. The van der Waals surface area contributed by atoms with Crippen molar-refractivity contribution >= 4 is 33.9 Å². The first-order valence-corrected chi connectivity index (χ1v) is 14.4. The molecular weight excluding hydrogens is 579 g/mol. The lowest BCUT2D eigenvalue weighted by molar-refractivity contribution is -0.153. The number of benzene rings is 1. The Hall–Kier alpha value is -4.31. The standard InChI is InChI=1S/C26H26F3N7O5S/c1-30-11-15-3-6-20(32-12-15)36-23(33-21(37)13-42(39,40)31-2)22-19(35-36)10-25(34-24(22)38)8-7-16-9-17(4-5-18(16)25)41-14-26(27,28)29/h3-6,9,11-12,31H,7-8,10,13-14H2,1-2H3,(H,33,37)(H,34,38)/b30-11+/t25-/m0/s1. The maximum Gasteiger partial charge on any atom is 0.422 e. The van der Waals surface area contributed by atoms with Crippen molar-refractivity contribution in [2.75, 3.05) is 31.8 Å². The van der Waals surface area contributed by atoms with E-state index < -0.39 is 45.9 Å². The molecule has 222 valence electrons. The zero-order chi connectivity index (χ0) is 30.3. The average Bonchev–Trinajstić information content (AvgIpc) is 3.45. The minimum Gasteiger partial charge on any atom is -0.484 e. The number of alkyl halides is 3. The van der Waals surface area contributed by atoms with E-state index in [1.165, 1.54) is 30.1 Å². The predicted octanol–water partition coefficient (Wildman–Crippen LogP) is 1.87. The van der Waals surface area contributed by atoms with Crippen LogP contribution in [0.25, 0.3) is 5.82 Å². The second-order valence-corrected chi connectivity index (χ2v) is 11.8. The van der Waals surface area contributed by atoms with E-state index in [4.69, 9.17) is 4.74 Å². The number of sulfonamides is 1. The third kappa shape index (κ3) is 5.85. The number of ether oxygens (including phenoxy) is 1. The summed E-state index contributed by atoms with van der Waals surface area (Å²) in [6.45, 7) is -1.42. The van der Waals surface area contributed by atoms with Crippen LogP contribution in [0.1, 0.15) is 39.2 Å². The van der Waals surface area contributed by atoms with Gasteiger partial charge in [0.2, 0.25) is 15.9 Å². The summed E-state index contributed by atoms with van der Waals surface area (Å²) < 4.78 is 70.1. The van der Waals surface area contributed by atoms with Crippen molar-refractivity contribution in [1.29, 1.82) is 0 Å². The number of rotatable bonds is 8. The Kier molecular flexibility index (Phi) is 7.53. The maximum absolute atomic E-state index is 13.6. The van der Waals surface area contributed by atoms with Crippen molar-refractivity contribution in [2.24, 2.45) is 4.99 Å². The molecule has 3 heterocycles. The highest BCUT2D eigenvalue weighted by Crippen LogP contribution is 2.44. The summed E-state index contributed by atoms with van der Waals surface area (Å²) >= 11 is 0. The quantitative estimate of drug-likeness (QED) is 0.331. The summed E-state index contributed by atoms with van der Waals surface area (Å²) in [7, 11) is -1.13. The molecular formula is C26H26F3N7O5S. The molecule has 16 heteroatoms. The molecule has 1 aliphatic carbocycles. The van der Waals surface area contributed by atoms with Crippen LogP contribution in [0.3, 0.4) is 0 Å². The Balaban J connectivity index is 1.52. The molecule has 1 spiro atoms. The SMILES string of the molecule is C/N=C/c1ccc(-n2nc3c(c2NC(=O)CS(=O)(=O)NC)C(=O)N[C@@]2(CCc4cc(OCC(F)(F)F)ccc42)C3)nc1. The summed E-state index contributed by atoms with van der Waals surface area (Å²) in [6.07, 6.45) is -0.236. The highest BCUT2D eigenvalue weighted by atomic mass is 32.2. The van der Waals surface area contributed by atoms with Crippen LogP contribution in [0.5, 0.6) is 5.75 Å². The number of aromatic nitrogens is 3. The fourth-order valence-electron chi connectivity index (χ4n) is 5.17. The first kappa shape index (κ1) is 29.2. The second-order valence-electron chi connectivity index (χ2n) is 9.87. The topological polar surface area (TPSA) is 157 Å². The molecule has 1 aliphatic heterocycles. The molecule has 2 amide bonds. The minimum absolute atomic E-state index is 0.0489. The number of carbonyl (C=O) groups excluding carboxylic acids is 2. The van der Waals surface area contributed by atoms with Gasteiger partial charge in [-0.1, -0.05) is 6.07 Å². The summed E-state index contributed by atoms with van der Waals surface area (Å²) in [5.74, 6) is -2.07. The number of fused-ring (bicyclic) bond motifs is 3. The lowest BCUT2D eigenvalue weighted by Crippen LogP contribution is -2.50. The third-order valence-electron chi connectivity index (χ3n) is 6.98. The van der Waals surface area contributed by atoms with Gasteiger partial charge in [0.15, 0.2) is 18.2 Å². The van der Waals surface area contributed by atoms with Crippen LogP contribution in [0.15, 0.2) is 41.5 Å². The van der Waals surface area contributed by atoms with E-state index in [-0.39, 0.29) is 29.4 Å². The van der Waals surface area contributed by atoms with E-state index in [0.717, 1.165) is 11.1 Å². The van der Waals surface area contributed by atoms with Crippen LogP contribution in [0.4, 0.5) is 19.0 Å². The summed E-state index contributed by atoms with van der Waals surface area (Å²) in [5, 5.41) is 10.1. The molecule has 12 nitrogen and oxygen atoms in total. The first-order chi connectivity index (χ1) is 19.8. The Morgan fingerprint density at radius 3 is 2.74 bits per heavy atom. The van der Waals surface area contributed by atoms with Gasteiger partial charge < -0.3 is 15.4 Å². The molecule has 1 atom stereocenters.